The van der Waals surface area contributed by atoms with Gasteiger partial charge in [-0.15, -0.1) is 0 Å². The molecule has 0 spiro atoms. The van der Waals surface area contributed by atoms with Crippen LogP contribution in [0, 0.1) is 11.3 Å². The summed E-state index contributed by atoms with van der Waals surface area (Å²) in [6.45, 7) is 1.34. The average Bonchev–Trinajstić information content (AvgIpc) is 2.00. The number of nitrogens with zero attached hydrogens (tertiary/aromatic N) is 2. The molecule has 1 unspecified atom stereocenters. The van der Waals surface area contributed by atoms with Crippen molar-refractivity contribution in [2.24, 2.45) is 0 Å². The van der Waals surface area contributed by atoms with Crippen molar-refractivity contribution in [1.29, 1.82) is 5.26 Å². The maximum atomic E-state index is 9.16. The molecule has 0 aromatic heterocycles. The molecule has 0 aliphatic carbocycles. The van der Waals surface area contributed by atoms with Crippen LogP contribution >= 0.6 is 15.9 Å². The van der Waals surface area contributed by atoms with Crippen LogP contribution in [0.3, 0.4) is 0 Å². The first kappa shape index (κ1) is 10.9. The first-order valence-corrected chi connectivity index (χ1v) is 4.62. The Morgan fingerprint density at radius 2 is 2.36 bits per heavy atom. The summed E-state index contributed by atoms with van der Waals surface area (Å²) in [4.78, 5) is 1.94. The molecule has 0 rings (SSSR count). The molecule has 0 bridgehead atoms. The Kier molecular flexibility index (Phi) is 6.52. The van der Waals surface area contributed by atoms with Crippen LogP contribution in [-0.2, 0) is 0 Å². The van der Waals surface area contributed by atoms with E-state index >= 15 is 0 Å². The van der Waals surface area contributed by atoms with Crippen LogP contribution in [0.2, 0.25) is 0 Å². The zero-order valence-electron chi connectivity index (χ0n) is 6.63. The monoisotopic (exact) mass is 220 g/mol. The van der Waals surface area contributed by atoms with E-state index in [1.165, 1.54) is 0 Å². The highest BCUT2D eigenvalue weighted by molar-refractivity contribution is 9.09. The lowest BCUT2D eigenvalue weighted by Crippen LogP contribution is -2.30. The SMILES string of the molecule is CN(CCC#N)CC(O)CBr. The van der Waals surface area contributed by atoms with Gasteiger partial charge in [-0.3, -0.25) is 0 Å². The second-order valence-corrected chi connectivity index (χ2v) is 3.13. The van der Waals surface area contributed by atoms with E-state index in [9.17, 15) is 0 Å². The van der Waals surface area contributed by atoms with Gasteiger partial charge in [0.2, 0.25) is 0 Å². The lowest BCUT2D eigenvalue weighted by atomic mass is 10.3. The van der Waals surface area contributed by atoms with Crippen molar-refractivity contribution in [3.05, 3.63) is 0 Å². The fraction of sp³-hybridized carbons (Fsp3) is 0.857. The molecule has 11 heavy (non-hydrogen) atoms. The average molecular weight is 221 g/mol. The van der Waals surface area contributed by atoms with Gasteiger partial charge in [0, 0.05) is 24.8 Å². The molecule has 4 heteroatoms. The Morgan fingerprint density at radius 3 is 2.82 bits per heavy atom. The number of aliphatic hydroxyl groups excluding tert-OH is 1. The standard InChI is InChI=1S/C7H13BrN2O/c1-10(4-2-3-9)6-7(11)5-8/h7,11H,2,4-6H2,1H3. The highest BCUT2D eigenvalue weighted by Crippen LogP contribution is 1.94. The summed E-state index contributed by atoms with van der Waals surface area (Å²) in [5, 5.41) is 18.0. The van der Waals surface area contributed by atoms with E-state index in [-0.39, 0.29) is 6.10 Å². The Labute approximate surface area is 75.7 Å². The third-order valence-electron chi connectivity index (χ3n) is 1.31. The molecular formula is C7H13BrN2O. The summed E-state index contributed by atoms with van der Waals surface area (Å²) in [5.41, 5.74) is 0. The van der Waals surface area contributed by atoms with E-state index in [0.717, 1.165) is 6.54 Å². The molecule has 0 heterocycles. The van der Waals surface area contributed by atoms with E-state index in [2.05, 4.69) is 22.0 Å². The van der Waals surface area contributed by atoms with Crippen LogP contribution < -0.4 is 0 Å². The number of alkyl halides is 1. The number of halogens is 1. The van der Waals surface area contributed by atoms with E-state index in [1.807, 2.05) is 11.9 Å². The Hall–Kier alpha value is -0.110. The fourth-order valence-electron chi connectivity index (χ4n) is 0.741. The summed E-state index contributed by atoms with van der Waals surface area (Å²) >= 11 is 3.17. The number of hydrogen-bond donors (Lipinski definition) is 1. The van der Waals surface area contributed by atoms with Crippen molar-refractivity contribution in [3.8, 4) is 6.07 Å². The molecule has 0 aromatic carbocycles. The molecular weight excluding hydrogens is 208 g/mol. The van der Waals surface area contributed by atoms with Crippen molar-refractivity contribution >= 4 is 15.9 Å². The highest BCUT2D eigenvalue weighted by atomic mass is 79.9. The smallest absolute Gasteiger partial charge is 0.0763 e. The number of nitriles is 1. The molecule has 0 aromatic rings. The largest absolute Gasteiger partial charge is 0.391 e. The summed E-state index contributed by atoms with van der Waals surface area (Å²) in [7, 11) is 1.89. The van der Waals surface area contributed by atoms with Crippen molar-refractivity contribution < 1.29 is 5.11 Å². The number of hydrogen-bond acceptors (Lipinski definition) is 3. The minimum Gasteiger partial charge on any atom is -0.391 e. The van der Waals surface area contributed by atoms with Gasteiger partial charge in [0.15, 0.2) is 0 Å². The fourth-order valence-corrected chi connectivity index (χ4v) is 0.945. The van der Waals surface area contributed by atoms with Crippen LogP contribution in [-0.4, -0.2) is 41.6 Å². The van der Waals surface area contributed by atoms with Gasteiger partial charge < -0.3 is 10.0 Å². The number of rotatable bonds is 5. The molecule has 0 saturated carbocycles. The lowest BCUT2D eigenvalue weighted by molar-refractivity contribution is 0.147. The number of likely N-dealkylation sites (N-methyl/N-ethyl adjacent to an activating group) is 1. The van der Waals surface area contributed by atoms with Crippen molar-refractivity contribution in [2.45, 2.75) is 12.5 Å². The third-order valence-corrected chi connectivity index (χ3v) is 2.05. The van der Waals surface area contributed by atoms with Crippen LogP contribution in [0.15, 0.2) is 0 Å². The quantitative estimate of drug-likeness (QED) is 0.691. The molecule has 0 amide bonds. The predicted octanol–water partition coefficient (Wildman–Crippen LogP) is 0.588. The minimum absolute atomic E-state index is 0.335. The Bertz CT molecular complexity index is 135. The molecule has 0 aliphatic rings. The van der Waals surface area contributed by atoms with Crippen LogP contribution in [0.5, 0.6) is 0 Å². The van der Waals surface area contributed by atoms with Gasteiger partial charge in [0.1, 0.15) is 0 Å². The van der Waals surface area contributed by atoms with Gasteiger partial charge in [0.05, 0.1) is 12.2 Å². The van der Waals surface area contributed by atoms with Crippen LogP contribution in [0.4, 0.5) is 0 Å². The summed E-state index contributed by atoms with van der Waals surface area (Å²) in [6.07, 6.45) is 0.185. The molecule has 0 aliphatic heterocycles. The summed E-state index contributed by atoms with van der Waals surface area (Å²) in [5.74, 6) is 0. The van der Waals surface area contributed by atoms with Crippen molar-refractivity contribution in [1.82, 2.24) is 4.90 Å². The maximum Gasteiger partial charge on any atom is 0.0763 e. The van der Waals surface area contributed by atoms with E-state index < -0.39 is 0 Å². The second-order valence-electron chi connectivity index (χ2n) is 2.48. The predicted molar refractivity (Wildman–Crippen MR) is 47.5 cm³/mol. The lowest BCUT2D eigenvalue weighted by Gasteiger charge is -2.17. The van der Waals surface area contributed by atoms with Crippen LogP contribution in [0.25, 0.3) is 0 Å². The first-order valence-electron chi connectivity index (χ1n) is 3.50. The van der Waals surface area contributed by atoms with Gasteiger partial charge in [-0.1, -0.05) is 15.9 Å². The highest BCUT2D eigenvalue weighted by Gasteiger charge is 2.04. The molecule has 0 fully saturated rings. The van der Waals surface area contributed by atoms with Crippen LogP contribution in [0.1, 0.15) is 6.42 Å². The van der Waals surface area contributed by atoms with E-state index in [1.54, 1.807) is 0 Å². The van der Waals surface area contributed by atoms with E-state index in [0.29, 0.717) is 18.3 Å². The van der Waals surface area contributed by atoms with Gasteiger partial charge in [-0.05, 0) is 7.05 Å². The second kappa shape index (κ2) is 6.59. The van der Waals surface area contributed by atoms with Gasteiger partial charge in [-0.2, -0.15) is 5.26 Å². The Balaban J connectivity index is 3.37. The third kappa shape index (κ3) is 6.29. The zero-order valence-corrected chi connectivity index (χ0v) is 8.21. The van der Waals surface area contributed by atoms with Crippen molar-refractivity contribution in [3.63, 3.8) is 0 Å². The summed E-state index contributed by atoms with van der Waals surface area (Å²) < 4.78 is 0. The Morgan fingerprint density at radius 1 is 1.73 bits per heavy atom. The molecule has 64 valence electrons. The first-order chi connectivity index (χ1) is 5.20. The molecule has 1 N–H and O–H groups in total. The van der Waals surface area contributed by atoms with Gasteiger partial charge in [0.25, 0.3) is 0 Å². The van der Waals surface area contributed by atoms with E-state index in [4.69, 9.17) is 10.4 Å². The summed E-state index contributed by atoms with van der Waals surface area (Å²) in [6, 6.07) is 2.05. The zero-order chi connectivity index (χ0) is 8.69. The normalized spacial score (nSPS) is 13.0. The molecule has 3 nitrogen and oxygen atoms in total. The van der Waals surface area contributed by atoms with Gasteiger partial charge >= 0.3 is 0 Å². The molecule has 0 radical (unpaired) electrons. The topological polar surface area (TPSA) is 47.3 Å². The molecule has 1 atom stereocenters. The number of aliphatic hydroxyl groups is 1. The molecule has 0 saturated heterocycles. The minimum atomic E-state index is -0.335. The van der Waals surface area contributed by atoms with Gasteiger partial charge in [-0.25, -0.2) is 0 Å². The van der Waals surface area contributed by atoms with Crippen molar-refractivity contribution in [2.75, 3.05) is 25.5 Å². The maximum absolute atomic E-state index is 9.16.